The van der Waals surface area contributed by atoms with E-state index in [2.05, 4.69) is 6.92 Å². The number of Topliss-reactive ketones (excluding diaryl/α,β-unsaturated/α-hetero) is 1. The molecule has 15 atom stereocenters. The number of ketones is 1. The lowest BCUT2D eigenvalue weighted by Gasteiger charge is -2.48. The van der Waals surface area contributed by atoms with Gasteiger partial charge in [-0.25, -0.2) is 4.79 Å². The number of ether oxygens (including phenoxy) is 6. The monoisotopic (exact) mass is 820 g/mol. The Bertz CT molecular complexity index is 1480. The molecule has 1 spiro atoms. The molecule has 0 aromatic heterocycles. The predicted octanol–water partition coefficient (Wildman–Crippen LogP) is 5.06. The molecule has 1 saturated carbocycles. The van der Waals surface area contributed by atoms with E-state index in [1.165, 1.54) is 0 Å². The maximum atomic E-state index is 14.6. The van der Waals surface area contributed by atoms with Crippen LogP contribution in [-0.2, 0) is 42.8 Å². The van der Waals surface area contributed by atoms with Crippen LogP contribution >= 0.6 is 0 Å². The van der Waals surface area contributed by atoms with Gasteiger partial charge in [-0.15, -0.1) is 0 Å². The van der Waals surface area contributed by atoms with Crippen molar-refractivity contribution in [1.82, 2.24) is 4.90 Å². The molecule has 0 radical (unpaired) electrons. The lowest BCUT2D eigenvalue weighted by molar-refractivity contribution is -0.326. The van der Waals surface area contributed by atoms with E-state index in [0.717, 1.165) is 17.6 Å². The van der Waals surface area contributed by atoms with Gasteiger partial charge in [-0.2, -0.15) is 0 Å². The van der Waals surface area contributed by atoms with Crippen LogP contribution < -0.4 is 0 Å². The van der Waals surface area contributed by atoms with Crippen molar-refractivity contribution in [2.45, 2.75) is 179 Å². The van der Waals surface area contributed by atoms with Gasteiger partial charge in [0.2, 0.25) is 0 Å². The average Bonchev–Trinajstić information content (AvgIpc) is 3.98. The number of nitrogens with zero attached hydrogens (tertiary/aromatic N) is 1. The van der Waals surface area contributed by atoms with Crippen LogP contribution in [0.15, 0.2) is 23.3 Å². The molecule has 58 heavy (non-hydrogen) atoms. The summed E-state index contributed by atoms with van der Waals surface area (Å²) in [6, 6.07) is -0.911. The number of aliphatic hydroxyl groups excluding tert-OH is 2. The van der Waals surface area contributed by atoms with Crippen molar-refractivity contribution in [2.75, 3.05) is 34.5 Å². The van der Waals surface area contributed by atoms with Gasteiger partial charge in [0.25, 0.3) is 5.91 Å². The zero-order valence-electron chi connectivity index (χ0n) is 36.5. The molecule has 2 bridgehead atoms. The van der Waals surface area contributed by atoms with Crippen LogP contribution in [0.25, 0.3) is 0 Å². The van der Waals surface area contributed by atoms with Crippen molar-refractivity contribution in [3.63, 3.8) is 0 Å². The largest absolute Gasteiger partial charge is 0.456 e. The van der Waals surface area contributed by atoms with E-state index >= 15 is 0 Å². The summed E-state index contributed by atoms with van der Waals surface area (Å²) in [6.07, 6.45) is 5.50. The predicted molar refractivity (Wildman–Crippen MR) is 216 cm³/mol. The fourth-order valence-corrected chi connectivity index (χ4v) is 10.2. The molecule has 4 aliphatic heterocycles. The number of carbonyl (C=O) groups is 3. The molecule has 5 aliphatic rings. The summed E-state index contributed by atoms with van der Waals surface area (Å²) in [5.74, 6) is -4.11. The standard InChI is InChI=1S/C45H73NO12/c1-10-32-18-26(2)17-27(3)19-38(54-8)41-39(55-9)21-29(5)45(52,58-41)24-44(25-56-44)43(51)46-16-12-11-13-33(46)42(50)57-40(30(6)35(48)23-36(32)49)28(4)20-31-14-15-34(47)37(22-31)53-7/h18,20,27,29-35,37-41,47-48,52H,10-17,19,21-25H2,1-9H3/b26-18+,28-20+/t27-,29+,30+,31-,32+,33-,34+,35-,37+,38?,39-,40?,41+,44?,45?/m0/s1. The second-order valence-corrected chi connectivity index (χ2v) is 18.4. The minimum Gasteiger partial charge on any atom is -0.456 e. The normalized spacial score (nSPS) is 44.0. The average molecular weight is 820 g/mol. The molecule has 3 saturated heterocycles. The summed E-state index contributed by atoms with van der Waals surface area (Å²) >= 11 is 0. The van der Waals surface area contributed by atoms with E-state index in [9.17, 15) is 29.7 Å². The SMILES string of the molecule is CC[C@@H]1/C=C(\C)C[C@H](C)CC(OC)[C@H]2OC(O)(CC3(CO3)C(=O)N3CCCC[C@H]3C(=O)OC(/C(C)=C/[C@@H]3CC[C@@H](O)[C@H](OC)C3)[C@H](C)[C@@H](O)CC1=O)[C@H](C)C[C@@H]2OC. The summed E-state index contributed by atoms with van der Waals surface area (Å²) in [5, 5.41) is 34.5. The number of piperidine rings is 1. The number of methoxy groups -OCH3 is 3. The highest BCUT2D eigenvalue weighted by Gasteiger charge is 2.63. The number of cyclic esters (lactones) is 1. The number of hydrogen-bond donors (Lipinski definition) is 3. The van der Waals surface area contributed by atoms with Crippen LogP contribution in [0.5, 0.6) is 0 Å². The summed E-state index contributed by atoms with van der Waals surface area (Å²) in [7, 11) is 4.84. The van der Waals surface area contributed by atoms with Crippen molar-refractivity contribution in [2.24, 2.45) is 29.6 Å². The second kappa shape index (κ2) is 20.1. The van der Waals surface area contributed by atoms with Crippen molar-refractivity contribution in [3.8, 4) is 0 Å². The number of amides is 1. The van der Waals surface area contributed by atoms with Gasteiger partial charge in [0.05, 0.1) is 37.1 Å². The molecule has 5 rings (SSSR count). The van der Waals surface area contributed by atoms with E-state index in [-0.39, 0.29) is 55.2 Å². The molecule has 4 heterocycles. The van der Waals surface area contributed by atoms with E-state index < -0.39 is 71.7 Å². The smallest absolute Gasteiger partial charge is 0.329 e. The second-order valence-electron chi connectivity index (χ2n) is 18.4. The number of epoxide rings is 1. The first-order chi connectivity index (χ1) is 27.5. The minimum atomic E-state index is -1.74. The number of aliphatic hydroxyl groups is 3. The Morgan fingerprint density at radius 2 is 1.60 bits per heavy atom. The van der Waals surface area contributed by atoms with Gasteiger partial charge in [0, 0.05) is 58.5 Å². The van der Waals surface area contributed by atoms with Crippen LogP contribution in [0.2, 0.25) is 0 Å². The van der Waals surface area contributed by atoms with E-state index in [0.29, 0.717) is 64.3 Å². The van der Waals surface area contributed by atoms with E-state index in [1.54, 1.807) is 33.2 Å². The minimum absolute atomic E-state index is 0.0418. The maximum absolute atomic E-state index is 14.6. The summed E-state index contributed by atoms with van der Waals surface area (Å²) in [4.78, 5) is 44.5. The molecule has 4 fully saturated rings. The molecule has 1 aliphatic carbocycles. The third-order valence-corrected chi connectivity index (χ3v) is 13.9. The first kappa shape index (κ1) is 46.8. The van der Waals surface area contributed by atoms with Gasteiger partial charge < -0.3 is 48.6 Å². The molecule has 3 N–H and O–H groups in total. The Labute approximate surface area is 346 Å². The fourth-order valence-electron chi connectivity index (χ4n) is 10.2. The third kappa shape index (κ3) is 10.8. The van der Waals surface area contributed by atoms with Crippen LogP contribution in [0, 0.1) is 29.6 Å². The van der Waals surface area contributed by atoms with Gasteiger partial charge in [-0.05, 0) is 95.5 Å². The van der Waals surface area contributed by atoms with E-state index in [4.69, 9.17) is 28.4 Å². The van der Waals surface area contributed by atoms with Crippen molar-refractivity contribution in [3.05, 3.63) is 23.3 Å². The third-order valence-electron chi connectivity index (χ3n) is 13.9. The lowest BCUT2D eigenvalue weighted by Crippen LogP contribution is -2.60. The topological polar surface area (TPSA) is 174 Å². The fraction of sp³-hybridized carbons (Fsp3) is 0.844. The zero-order valence-corrected chi connectivity index (χ0v) is 36.5. The van der Waals surface area contributed by atoms with Gasteiger partial charge >= 0.3 is 5.97 Å². The van der Waals surface area contributed by atoms with Crippen molar-refractivity contribution < 1.29 is 58.1 Å². The quantitative estimate of drug-likeness (QED) is 0.185. The molecule has 4 unspecified atom stereocenters. The molecule has 13 heteroatoms. The van der Waals surface area contributed by atoms with Crippen LogP contribution in [0.3, 0.4) is 0 Å². The molecule has 330 valence electrons. The Morgan fingerprint density at radius 1 is 0.931 bits per heavy atom. The number of rotatable bonds is 6. The van der Waals surface area contributed by atoms with Crippen LogP contribution in [-0.4, -0.2) is 133 Å². The van der Waals surface area contributed by atoms with Crippen LogP contribution in [0.1, 0.15) is 119 Å². The molecular formula is C45H73NO12. The summed E-state index contributed by atoms with van der Waals surface area (Å²) in [5.41, 5.74) is 0.400. The molecule has 0 aromatic carbocycles. The van der Waals surface area contributed by atoms with Gasteiger partial charge in [-0.3, -0.25) is 9.59 Å². The van der Waals surface area contributed by atoms with E-state index in [1.807, 2.05) is 39.8 Å². The highest BCUT2D eigenvalue weighted by Crippen LogP contribution is 2.47. The maximum Gasteiger partial charge on any atom is 0.329 e. The first-order valence-electron chi connectivity index (χ1n) is 21.9. The van der Waals surface area contributed by atoms with Crippen molar-refractivity contribution in [1.29, 1.82) is 0 Å². The number of fused-ring (bicyclic) bond motifs is 3. The number of hydrogen-bond acceptors (Lipinski definition) is 12. The molecule has 1 amide bonds. The van der Waals surface area contributed by atoms with Gasteiger partial charge in [0.15, 0.2) is 11.4 Å². The Morgan fingerprint density at radius 3 is 2.24 bits per heavy atom. The number of allylic oxidation sites excluding steroid dienone is 3. The Hall–Kier alpha value is -2.23. The highest BCUT2D eigenvalue weighted by molar-refractivity contribution is 5.92. The highest BCUT2D eigenvalue weighted by atomic mass is 16.7. The summed E-state index contributed by atoms with van der Waals surface area (Å²) < 4.78 is 36.4. The van der Waals surface area contributed by atoms with Crippen LogP contribution in [0.4, 0.5) is 0 Å². The molecule has 0 aromatic rings. The lowest BCUT2D eigenvalue weighted by atomic mass is 9.80. The van der Waals surface area contributed by atoms with Gasteiger partial charge in [0.1, 0.15) is 24.0 Å². The van der Waals surface area contributed by atoms with Gasteiger partial charge in [-0.1, -0.05) is 45.4 Å². The summed E-state index contributed by atoms with van der Waals surface area (Å²) in [6.45, 7) is 12.1. The Kier molecular flexibility index (Phi) is 16.2. The number of esters is 1. The molecular weight excluding hydrogens is 746 g/mol. The Balaban J connectivity index is 1.51. The van der Waals surface area contributed by atoms with Crippen molar-refractivity contribution >= 4 is 17.7 Å². The molecule has 13 nitrogen and oxygen atoms in total. The zero-order chi connectivity index (χ0) is 42.5. The number of carbonyl (C=O) groups excluding carboxylic acids is 3. The first-order valence-corrected chi connectivity index (χ1v) is 21.9.